The van der Waals surface area contributed by atoms with Gasteiger partial charge in [0.25, 0.3) is 0 Å². The molecule has 0 radical (unpaired) electrons. The quantitative estimate of drug-likeness (QED) is 0.306. The van der Waals surface area contributed by atoms with Gasteiger partial charge in [0.15, 0.2) is 0 Å². The number of hydroxylamine groups is 1. The van der Waals surface area contributed by atoms with Crippen LogP contribution in [0.5, 0.6) is 0 Å². The van der Waals surface area contributed by atoms with E-state index in [1.165, 1.54) is 0 Å². The normalized spacial score (nSPS) is 10.5. The molecule has 0 aliphatic rings. The van der Waals surface area contributed by atoms with Crippen LogP contribution in [0.4, 0.5) is 0 Å². The molecule has 6 heteroatoms. The fourth-order valence-corrected chi connectivity index (χ4v) is 0.150. The fraction of sp³-hybridized carbons (Fsp3) is 1.00. The summed E-state index contributed by atoms with van der Waals surface area (Å²) < 4.78 is 0. The lowest BCUT2D eigenvalue weighted by Gasteiger charge is -2.20. The third kappa shape index (κ3) is 7.86. The highest BCUT2D eigenvalue weighted by Gasteiger charge is 2.20. The molecule has 0 fully saturated rings. The zero-order chi connectivity index (χ0) is 10.0. The van der Waals surface area contributed by atoms with Crippen molar-refractivity contribution in [1.82, 2.24) is 5.48 Å². The number of nitrogens with two attached hydrogens (primary N) is 1. The Hall–Kier alpha value is -0.240. The molecule has 0 heterocycles. The van der Waals surface area contributed by atoms with Gasteiger partial charge < -0.3 is 25.9 Å². The van der Waals surface area contributed by atoms with E-state index in [0.29, 0.717) is 0 Å². The van der Waals surface area contributed by atoms with Gasteiger partial charge in [-0.05, 0) is 0 Å². The van der Waals surface area contributed by atoms with Crippen molar-refractivity contribution in [2.24, 2.45) is 5.73 Å². The maximum Gasteiger partial charge on any atom is 0.0856 e. The van der Waals surface area contributed by atoms with Crippen molar-refractivity contribution < 1.29 is 20.2 Å². The predicted octanol–water partition coefficient (Wildman–Crippen LogP) is -2.57. The summed E-state index contributed by atoms with van der Waals surface area (Å²) in [6.45, 7) is -1.21. The van der Waals surface area contributed by atoms with E-state index in [4.69, 9.17) is 21.1 Å². The Bertz CT molecular complexity index is 77.4. The molecule has 0 aromatic rings. The molecule has 12 heavy (non-hydrogen) atoms. The summed E-state index contributed by atoms with van der Waals surface area (Å²) in [5.41, 5.74) is 6.37. The van der Waals surface area contributed by atoms with Crippen LogP contribution < -0.4 is 11.2 Å². The Morgan fingerprint density at radius 1 is 1.25 bits per heavy atom. The number of hydrogen-bond donors (Lipinski definition) is 5. The Balaban J connectivity index is 0. The van der Waals surface area contributed by atoms with Gasteiger partial charge in [-0.25, -0.2) is 5.48 Å². The van der Waals surface area contributed by atoms with Gasteiger partial charge in [-0.2, -0.15) is 0 Å². The molecule has 76 valence electrons. The standard InChI is InChI=1S/C4H11NO3.C2H7NO/c5-4(1-6,2-7)3-8;1-3-4-2/h6-8H,1-3,5H2;3H,1-2H3. The van der Waals surface area contributed by atoms with Crippen LogP contribution in [0, 0.1) is 0 Å². The van der Waals surface area contributed by atoms with E-state index in [-0.39, 0.29) is 0 Å². The second-order valence-electron chi connectivity index (χ2n) is 2.24. The first-order valence-corrected chi connectivity index (χ1v) is 3.41. The molecule has 0 unspecified atom stereocenters. The second-order valence-corrected chi connectivity index (χ2v) is 2.24. The Morgan fingerprint density at radius 2 is 1.50 bits per heavy atom. The zero-order valence-corrected chi connectivity index (χ0v) is 7.45. The monoisotopic (exact) mass is 182 g/mol. The summed E-state index contributed by atoms with van der Waals surface area (Å²) in [4.78, 5) is 4.29. The number of aliphatic hydroxyl groups excluding tert-OH is 3. The van der Waals surface area contributed by atoms with Crippen molar-refractivity contribution in [3.05, 3.63) is 0 Å². The average Bonchev–Trinajstić information content (AvgIpc) is 2.17. The van der Waals surface area contributed by atoms with Crippen molar-refractivity contribution in [2.45, 2.75) is 5.54 Å². The van der Waals surface area contributed by atoms with E-state index >= 15 is 0 Å². The van der Waals surface area contributed by atoms with Gasteiger partial charge in [0.05, 0.1) is 32.5 Å². The van der Waals surface area contributed by atoms with E-state index in [1.807, 2.05) is 0 Å². The van der Waals surface area contributed by atoms with Gasteiger partial charge in [-0.1, -0.05) is 0 Å². The maximum absolute atomic E-state index is 8.34. The van der Waals surface area contributed by atoms with Crippen molar-refractivity contribution in [2.75, 3.05) is 34.0 Å². The smallest absolute Gasteiger partial charge is 0.0856 e. The average molecular weight is 182 g/mol. The van der Waals surface area contributed by atoms with Gasteiger partial charge in [0, 0.05) is 7.05 Å². The van der Waals surface area contributed by atoms with Gasteiger partial charge in [-0.15, -0.1) is 0 Å². The summed E-state index contributed by atoms with van der Waals surface area (Å²) in [5, 5.41) is 25.0. The molecule has 6 N–H and O–H groups in total. The molecule has 0 bridgehead atoms. The van der Waals surface area contributed by atoms with Crippen molar-refractivity contribution in [3.8, 4) is 0 Å². The number of hydrogen-bond acceptors (Lipinski definition) is 6. The molecule has 0 spiro atoms. The van der Waals surface area contributed by atoms with Crippen molar-refractivity contribution >= 4 is 0 Å². The molecule has 0 atom stereocenters. The minimum Gasteiger partial charge on any atom is -0.394 e. The van der Waals surface area contributed by atoms with Crippen LogP contribution >= 0.6 is 0 Å². The fourth-order valence-electron chi connectivity index (χ4n) is 0.150. The van der Waals surface area contributed by atoms with E-state index in [9.17, 15) is 0 Å². The Labute approximate surface area is 71.9 Å². The lowest BCUT2D eigenvalue weighted by atomic mass is 10.1. The molecule has 0 rings (SSSR count). The number of rotatable bonds is 4. The van der Waals surface area contributed by atoms with Crippen LogP contribution in [0.1, 0.15) is 0 Å². The maximum atomic E-state index is 8.34. The minimum atomic E-state index is -1.21. The lowest BCUT2D eigenvalue weighted by Crippen LogP contribution is -2.50. The highest BCUT2D eigenvalue weighted by molar-refractivity contribution is 4.80. The highest BCUT2D eigenvalue weighted by atomic mass is 16.6. The van der Waals surface area contributed by atoms with Crippen LogP contribution in [-0.2, 0) is 4.84 Å². The molecule has 0 saturated carbocycles. The summed E-state index contributed by atoms with van der Waals surface area (Å²) in [6, 6.07) is 0. The lowest BCUT2D eigenvalue weighted by molar-refractivity contribution is 0.0698. The largest absolute Gasteiger partial charge is 0.394 e. The first-order valence-electron chi connectivity index (χ1n) is 3.41. The first-order chi connectivity index (χ1) is 5.60. The topological polar surface area (TPSA) is 108 Å². The Kier molecular flexibility index (Phi) is 10.5. The van der Waals surface area contributed by atoms with Crippen LogP contribution in [0.2, 0.25) is 0 Å². The third-order valence-electron chi connectivity index (χ3n) is 1.15. The van der Waals surface area contributed by atoms with E-state index < -0.39 is 25.4 Å². The molecule has 0 amide bonds. The van der Waals surface area contributed by atoms with E-state index in [1.54, 1.807) is 14.2 Å². The van der Waals surface area contributed by atoms with Crippen molar-refractivity contribution in [1.29, 1.82) is 0 Å². The van der Waals surface area contributed by atoms with Crippen LogP contribution in [0.15, 0.2) is 0 Å². The second kappa shape index (κ2) is 8.85. The third-order valence-corrected chi connectivity index (χ3v) is 1.15. The number of nitrogens with one attached hydrogen (secondary N) is 1. The van der Waals surface area contributed by atoms with Gasteiger partial charge in [-0.3, -0.25) is 0 Å². The van der Waals surface area contributed by atoms with Crippen molar-refractivity contribution in [3.63, 3.8) is 0 Å². The van der Waals surface area contributed by atoms with Crippen LogP contribution in [-0.4, -0.2) is 54.8 Å². The zero-order valence-electron chi connectivity index (χ0n) is 7.45. The van der Waals surface area contributed by atoms with Gasteiger partial charge in [0.2, 0.25) is 0 Å². The summed E-state index contributed by atoms with van der Waals surface area (Å²) in [7, 11) is 3.28. The summed E-state index contributed by atoms with van der Waals surface area (Å²) >= 11 is 0. The van der Waals surface area contributed by atoms with E-state index in [2.05, 4.69) is 10.3 Å². The van der Waals surface area contributed by atoms with Crippen LogP contribution in [0.25, 0.3) is 0 Å². The molecule has 0 aliphatic heterocycles. The highest BCUT2D eigenvalue weighted by Crippen LogP contribution is 1.93. The summed E-state index contributed by atoms with van der Waals surface area (Å²) in [6.07, 6.45) is 0. The van der Waals surface area contributed by atoms with Gasteiger partial charge in [0.1, 0.15) is 0 Å². The van der Waals surface area contributed by atoms with Gasteiger partial charge >= 0.3 is 0 Å². The molecular formula is C6H18N2O4. The number of aliphatic hydroxyl groups is 3. The molecule has 6 nitrogen and oxygen atoms in total. The molecule has 0 aliphatic carbocycles. The minimum absolute atomic E-state index is 0.403. The molecular weight excluding hydrogens is 164 g/mol. The molecule has 0 saturated heterocycles. The predicted molar refractivity (Wildman–Crippen MR) is 44.2 cm³/mol. The van der Waals surface area contributed by atoms with E-state index in [0.717, 1.165) is 0 Å². The Morgan fingerprint density at radius 3 is 1.50 bits per heavy atom. The SMILES string of the molecule is CNOC.NC(CO)(CO)CO. The molecule has 0 aromatic heterocycles. The van der Waals surface area contributed by atoms with Crippen LogP contribution in [0.3, 0.4) is 0 Å². The first kappa shape index (κ1) is 14.3. The molecule has 0 aromatic carbocycles. The summed E-state index contributed by atoms with van der Waals surface area (Å²) in [5.74, 6) is 0.